The molecule has 1 N–H and O–H groups in total. The number of Topliss-reactive ketones (excluding diaryl/α,β-unsaturated/α-hetero) is 1. The van der Waals surface area contributed by atoms with Crippen LogP contribution in [0.4, 0.5) is 0 Å². The third kappa shape index (κ3) is 3.11. The number of phenolic OH excluding ortho intramolecular Hbond substituents is 1. The first-order chi connectivity index (χ1) is 8.66. The molecule has 0 aliphatic heterocycles. The van der Waals surface area contributed by atoms with Crippen LogP contribution < -0.4 is 0 Å². The number of pyridine rings is 1. The van der Waals surface area contributed by atoms with Crippen molar-refractivity contribution < 1.29 is 9.90 Å². The highest BCUT2D eigenvalue weighted by atomic mass is 32.2. The van der Waals surface area contributed by atoms with Crippen molar-refractivity contribution in [2.24, 2.45) is 0 Å². The van der Waals surface area contributed by atoms with Crippen molar-refractivity contribution >= 4 is 17.5 Å². The molecule has 0 unspecified atom stereocenters. The van der Waals surface area contributed by atoms with Crippen molar-refractivity contribution in [1.82, 2.24) is 4.98 Å². The van der Waals surface area contributed by atoms with Gasteiger partial charge in [0.15, 0.2) is 5.78 Å². The van der Waals surface area contributed by atoms with Crippen LogP contribution >= 0.6 is 11.8 Å². The molecule has 3 nitrogen and oxygen atoms in total. The van der Waals surface area contributed by atoms with Crippen LogP contribution in [-0.2, 0) is 5.75 Å². The van der Waals surface area contributed by atoms with Gasteiger partial charge in [0.2, 0.25) is 0 Å². The van der Waals surface area contributed by atoms with E-state index in [1.807, 2.05) is 18.2 Å². The maximum Gasteiger partial charge on any atom is 0.159 e. The third-order valence-electron chi connectivity index (χ3n) is 2.50. The van der Waals surface area contributed by atoms with Crippen molar-refractivity contribution in [3.05, 3.63) is 53.7 Å². The van der Waals surface area contributed by atoms with E-state index in [0.717, 1.165) is 10.6 Å². The quantitative estimate of drug-likeness (QED) is 0.676. The summed E-state index contributed by atoms with van der Waals surface area (Å²) in [5.74, 6) is 0.798. The lowest BCUT2D eigenvalue weighted by Gasteiger charge is -2.06. The second kappa shape index (κ2) is 5.69. The molecule has 92 valence electrons. The van der Waals surface area contributed by atoms with Crippen LogP contribution in [0.5, 0.6) is 5.75 Å². The van der Waals surface area contributed by atoms with E-state index in [0.29, 0.717) is 11.3 Å². The van der Waals surface area contributed by atoms with Crippen molar-refractivity contribution in [3.63, 3.8) is 0 Å². The average Bonchev–Trinajstić information content (AvgIpc) is 2.38. The molecular weight excluding hydrogens is 246 g/mol. The van der Waals surface area contributed by atoms with Crippen LogP contribution in [0.15, 0.2) is 47.6 Å². The van der Waals surface area contributed by atoms with Crippen LogP contribution in [-0.4, -0.2) is 15.9 Å². The topological polar surface area (TPSA) is 50.2 Å². The first kappa shape index (κ1) is 12.6. The molecule has 0 saturated carbocycles. The predicted octanol–water partition coefficient (Wildman–Crippen LogP) is 3.28. The molecule has 0 atom stereocenters. The number of carbonyl (C=O) groups excluding carboxylic acids is 1. The fourth-order valence-electron chi connectivity index (χ4n) is 1.50. The second-order valence-electron chi connectivity index (χ2n) is 3.86. The number of phenols is 1. The molecule has 0 fully saturated rings. The first-order valence-corrected chi connectivity index (χ1v) is 6.52. The molecule has 1 aromatic heterocycles. The van der Waals surface area contributed by atoms with Crippen LogP contribution in [0, 0.1) is 0 Å². The number of rotatable bonds is 4. The monoisotopic (exact) mass is 259 g/mol. The summed E-state index contributed by atoms with van der Waals surface area (Å²) in [5, 5.41) is 10.6. The van der Waals surface area contributed by atoms with Gasteiger partial charge in [0, 0.05) is 23.1 Å². The fourth-order valence-corrected chi connectivity index (χ4v) is 2.35. The molecule has 0 saturated heterocycles. The molecular formula is C14H13NO2S. The maximum atomic E-state index is 11.3. The van der Waals surface area contributed by atoms with Crippen molar-refractivity contribution in [2.75, 3.05) is 0 Å². The van der Waals surface area contributed by atoms with E-state index in [1.54, 1.807) is 24.4 Å². The van der Waals surface area contributed by atoms with Gasteiger partial charge in [-0.1, -0.05) is 6.07 Å². The lowest BCUT2D eigenvalue weighted by Crippen LogP contribution is -1.94. The summed E-state index contributed by atoms with van der Waals surface area (Å²) < 4.78 is 0. The standard InChI is InChI=1S/C14H13NO2S/c1-10(16)11-5-6-13(17)12(8-11)9-18-14-4-2-3-7-15-14/h2-8,17H,9H2,1H3. The highest BCUT2D eigenvalue weighted by Crippen LogP contribution is 2.27. The molecule has 4 heteroatoms. The zero-order valence-electron chi connectivity index (χ0n) is 9.96. The second-order valence-corrected chi connectivity index (χ2v) is 4.85. The number of thioether (sulfide) groups is 1. The van der Waals surface area contributed by atoms with Gasteiger partial charge >= 0.3 is 0 Å². The number of aromatic hydroxyl groups is 1. The SMILES string of the molecule is CC(=O)c1ccc(O)c(CSc2ccccn2)c1. The first-order valence-electron chi connectivity index (χ1n) is 5.53. The Bertz CT molecular complexity index is 555. The van der Waals surface area contributed by atoms with Gasteiger partial charge < -0.3 is 5.11 Å². The predicted molar refractivity (Wildman–Crippen MR) is 71.9 cm³/mol. The highest BCUT2D eigenvalue weighted by molar-refractivity contribution is 7.98. The Morgan fingerprint density at radius 2 is 2.17 bits per heavy atom. The maximum absolute atomic E-state index is 11.3. The Morgan fingerprint density at radius 1 is 1.33 bits per heavy atom. The zero-order valence-corrected chi connectivity index (χ0v) is 10.8. The van der Waals surface area contributed by atoms with Crippen molar-refractivity contribution in [1.29, 1.82) is 0 Å². The minimum Gasteiger partial charge on any atom is -0.508 e. The minimum absolute atomic E-state index is 0.000846. The molecule has 2 rings (SSSR count). The van der Waals surface area contributed by atoms with Gasteiger partial charge in [-0.15, -0.1) is 11.8 Å². The fraction of sp³-hybridized carbons (Fsp3) is 0.143. The largest absolute Gasteiger partial charge is 0.508 e. The molecule has 0 bridgehead atoms. The number of nitrogens with zero attached hydrogens (tertiary/aromatic N) is 1. The molecule has 1 heterocycles. The van der Waals surface area contributed by atoms with E-state index < -0.39 is 0 Å². The molecule has 0 aliphatic rings. The molecule has 0 spiro atoms. The minimum atomic E-state index is -0.000846. The van der Waals surface area contributed by atoms with Gasteiger partial charge in [0.05, 0.1) is 5.03 Å². The van der Waals surface area contributed by atoms with Crippen LogP contribution in [0.1, 0.15) is 22.8 Å². The smallest absolute Gasteiger partial charge is 0.159 e. The lowest BCUT2D eigenvalue weighted by atomic mass is 10.1. The van der Waals surface area contributed by atoms with E-state index in [-0.39, 0.29) is 11.5 Å². The van der Waals surface area contributed by atoms with E-state index in [4.69, 9.17) is 0 Å². The zero-order chi connectivity index (χ0) is 13.0. The number of hydrogen-bond acceptors (Lipinski definition) is 4. The Balaban J connectivity index is 2.14. The highest BCUT2D eigenvalue weighted by Gasteiger charge is 2.06. The van der Waals surface area contributed by atoms with Gasteiger partial charge in [-0.3, -0.25) is 4.79 Å². The molecule has 0 radical (unpaired) electrons. The Morgan fingerprint density at radius 3 is 2.83 bits per heavy atom. The lowest BCUT2D eigenvalue weighted by molar-refractivity contribution is 0.101. The molecule has 2 aromatic rings. The Kier molecular flexibility index (Phi) is 3.99. The normalized spacial score (nSPS) is 10.3. The number of hydrogen-bond donors (Lipinski definition) is 1. The van der Waals surface area contributed by atoms with Gasteiger partial charge in [0.25, 0.3) is 0 Å². The molecule has 0 amide bonds. The summed E-state index contributed by atoms with van der Waals surface area (Å²) in [7, 11) is 0. The summed E-state index contributed by atoms with van der Waals surface area (Å²) in [6, 6.07) is 10.6. The van der Waals surface area contributed by atoms with E-state index in [9.17, 15) is 9.90 Å². The number of carbonyl (C=O) groups is 1. The van der Waals surface area contributed by atoms with Crippen molar-refractivity contribution in [2.45, 2.75) is 17.7 Å². The molecule has 18 heavy (non-hydrogen) atoms. The van der Waals surface area contributed by atoms with Crippen LogP contribution in [0.25, 0.3) is 0 Å². The number of benzene rings is 1. The number of aromatic nitrogens is 1. The third-order valence-corrected chi connectivity index (χ3v) is 3.49. The summed E-state index contributed by atoms with van der Waals surface area (Å²) in [6.07, 6.45) is 1.73. The summed E-state index contributed by atoms with van der Waals surface area (Å²) in [4.78, 5) is 15.5. The van der Waals surface area contributed by atoms with Crippen LogP contribution in [0.3, 0.4) is 0 Å². The summed E-state index contributed by atoms with van der Waals surface area (Å²) in [5.41, 5.74) is 1.36. The molecule has 0 aliphatic carbocycles. The average molecular weight is 259 g/mol. The van der Waals surface area contributed by atoms with E-state index in [2.05, 4.69) is 4.98 Å². The van der Waals surface area contributed by atoms with Crippen LogP contribution in [0.2, 0.25) is 0 Å². The van der Waals surface area contributed by atoms with E-state index in [1.165, 1.54) is 18.7 Å². The Hall–Kier alpha value is -1.81. The Labute approximate surface area is 110 Å². The van der Waals surface area contributed by atoms with Gasteiger partial charge in [-0.05, 0) is 37.3 Å². The number of ketones is 1. The summed E-state index contributed by atoms with van der Waals surface area (Å²) >= 11 is 1.53. The molecule has 1 aromatic carbocycles. The van der Waals surface area contributed by atoms with Gasteiger partial charge in [-0.25, -0.2) is 4.98 Å². The van der Waals surface area contributed by atoms with Gasteiger partial charge in [-0.2, -0.15) is 0 Å². The van der Waals surface area contributed by atoms with E-state index >= 15 is 0 Å². The van der Waals surface area contributed by atoms with Gasteiger partial charge in [0.1, 0.15) is 5.75 Å². The summed E-state index contributed by atoms with van der Waals surface area (Å²) in [6.45, 7) is 1.52. The van der Waals surface area contributed by atoms with Crippen molar-refractivity contribution in [3.8, 4) is 5.75 Å².